The van der Waals surface area contributed by atoms with Crippen molar-refractivity contribution in [2.24, 2.45) is 39.9 Å². The van der Waals surface area contributed by atoms with Crippen LogP contribution in [0.4, 0.5) is 0 Å². The normalized spacial score (nSPS) is 13.9. The minimum absolute atomic E-state index is 0.0449. The van der Waals surface area contributed by atoms with Gasteiger partial charge in [-0.25, -0.2) is 4.98 Å². The number of ketones is 3. The summed E-state index contributed by atoms with van der Waals surface area (Å²) in [7, 11) is 0. The number of Topliss-reactive ketones (excluding diaryl/α,β-unsaturated/α-hetero) is 3. The van der Waals surface area contributed by atoms with Crippen LogP contribution in [-0.4, -0.2) is 77.0 Å². The van der Waals surface area contributed by atoms with Crippen molar-refractivity contribution in [3.63, 3.8) is 0 Å². The number of nitrogens with zero attached hydrogens (tertiary/aromatic N) is 2. The van der Waals surface area contributed by atoms with E-state index in [1.807, 2.05) is 38.1 Å². The number of hydrogen-bond acceptors (Lipinski definition) is 10. The fourth-order valence-corrected chi connectivity index (χ4v) is 6.07. The maximum atomic E-state index is 13.8. The number of rotatable bonds is 22. The smallest absolute Gasteiger partial charge is 0.226 e. The fraction of sp³-hybridized carbons (Fsp3) is 0.594. The summed E-state index contributed by atoms with van der Waals surface area (Å²) >= 11 is 1.24. The van der Waals surface area contributed by atoms with E-state index in [9.17, 15) is 29.1 Å². The molecule has 0 spiro atoms. The molecule has 0 radical (unpaired) electrons. The number of para-hydroxylation sites is 1. The predicted octanol–water partition coefficient (Wildman–Crippen LogP) is 1.84. The molecule has 2 amide bonds. The molecule has 0 aliphatic rings. The first-order valence-corrected chi connectivity index (χ1v) is 16.6. The molecule has 0 unspecified atom stereocenters. The van der Waals surface area contributed by atoms with Gasteiger partial charge in [-0.2, -0.15) is 0 Å². The van der Waals surface area contributed by atoms with Gasteiger partial charge in [0, 0.05) is 25.3 Å². The van der Waals surface area contributed by atoms with Crippen LogP contribution in [0.5, 0.6) is 0 Å². The number of carbonyl (C=O) groups is 5. The SMILES string of the molecule is CC(=O)C[C@@H](CO)C(=O)N[C@@H](CCCCN)C(=O)C[C@@H](CC(C)C)C(=O)N[C@@H](CCCN=C(N)N)C(=O)c1nc2ccccc2s1. The zero-order chi connectivity index (χ0) is 34.2. The number of hydrogen-bond donors (Lipinski definition) is 6. The number of aromatic nitrogens is 1. The van der Waals surface area contributed by atoms with Crippen LogP contribution in [-0.2, 0) is 19.2 Å². The Kier molecular flexibility index (Phi) is 16.5. The molecule has 0 saturated carbocycles. The lowest BCUT2D eigenvalue weighted by Crippen LogP contribution is -2.47. The Labute approximate surface area is 274 Å². The van der Waals surface area contributed by atoms with Crippen molar-refractivity contribution in [2.75, 3.05) is 19.7 Å². The van der Waals surface area contributed by atoms with Crippen molar-refractivity contribution in [1.82, 2.24) is 15.6 Å². The van der Waals surface area contributed by atoms with Gasteiger partial charge in [-0.15, -0.1) is 11.3 Å². The molecule has 13 nitrogen and oxygen atoms in total. The predicted molar refractivity (Wildman–Crippen MR) is 179 cm³/mol. The molecule has 254 valence electrons. The van der Waals surface area contributed by atoms with Crippen molar-refractivity contribution >= 4 is 56.7 Å². The topological polar surface area (TPSA) is 233 Å². The Morgan fingerprint density at radius 2 is 1.59 bits per heavy atom. The lowest BCUT2D eigenvalue weighted by atomic mass is 9.88. The third-order valence-electron chi connectivity index (χ3n) is 7.43. The Morgan fingerprint density at radius 1 is 0.935 bits per heavy atom. The van der Waals surface area contributed by atoms with Crippen LogP contribution >= 0.6 is 11.3 Å². The molecule has 0 aliphatic heterocycles. The molecule has 0 aliphatic carbocycles. The molecule has 2 rings (SSSR count). The van der Waals surface area contributed by atoms with E-state index < -0.39 is 42.3 Å². The number of aliphatic hydroxyl groups excluding tert-OH is 1. The lowest BCUT2D eigenvalue weighted by molar-refractivity contribution is -0.135. The van der Waals surface area contributed by atoms with Gasteiger partial charge in [-0.1, -0.05) is 26.0 Å². The van der Waals surface area contributed by atoms with Crippen molar-refractivity contribution < 1.29 is 29.1 Å². The molecule has 2 aromatic rings. The Morgan fingerprint density at radius 3 is 2.20 bits per heavy atom. The number of carbonyl (C=O) groups excluding carboxylic acids is 5. The van der Waals surface area contributed by atoms with Gasteiger partial charge in [-0.3, -0.25) is 24.2 Å². The highest BCUT2D eigenvalue weighted by Crippen LogP contribution is 2.24. The van der Waals surface area contributed by atoms with Gasteiger partial charge in [0.1, 0.15) is 5.78 Å². The molecular formula is C32H49N7O6S. The molecule has 1 heterocycles. The summed E-state index contributed by atoms with van der Waals surface area (Å²) in [5, 5.41) is 15.5. The van der Waals surface area contributed by atoms with Crippen molar-refractivity contribution in [3.8, 4) is 0 Å². The number of nitrogens with one attached hydrogen (secondary N) is 2. The summed E-state index contributed by atoms with van der Waals surface area (Å²) in [6.45, 7) is 5.31. The van der Waals surface area contributed by atoms with Crippen LogP contribution in [0.25, 0.3) is 10.2 Å². The maximum Gasteiger partial charge on any atom is 0.226 e. The van der Waals surface area contributed by atoms with E-state index in [1.54, 1.807) is 0 Å². The highest BCUT2D eigenvalue weighted by molar-refractivity contribution is 7.20. The van der Waals surface area contributed by atoms with Crippen LogP contribution in [0.15, 0.2) is 29.3 Å². The first-order valence-electron chi connectivity index (χ1n) is 15.7. The van der Waals surface area contributed by atoms with Crippen LogP contribution in [0.1, 0.15) is 81.9 Å². The monoisotopic (exact) mass is 659 g/mol. The fourth-order valence-electron chi connectivity index (χ4n) is 5.11. The summed E-state index contributed by atoms with van der Waals surface area (Å²) in [6, 6.07) is 5.51. The first kappa shape index (κ1) is 38.4. The standard InChI is InChI=1S/C32H49N7O6S/c1-19(2)15-21(17-26(42)23(9-6-7-13-33)37-30(45)22(18-40)16-20(3)41)29(44)38-25(11-8-14-36-32(34)35)28(43)31-39-24-10-4-5-12-27(24)46-31/h4-5,10,12,19,21-23,25,40H,6-9,11,13-18,33H2,1-3H3,(H,37,45)(H,38,44)(H4,34,35,36)/t21-,22+,23+,25+/m1/s1. The molecule has 4 atom stereocenters. The van der Waals surface area contributed by atoms with Gasteiger partial charge in [-0.05, 0) is 70.0 Å². The van der Waals surface area contributed by atoms with E-state index in [4.69, 9.17) is 17.2 Å². The van der Waals surface area contributed by atoms with Gasteiger partial charge in [0.15, 0.2) is 16.8 Å². The third kappa shape index (κ3) is 12.9. The number of benzene rings is 1. The second-order valence-electron chi connectivity index (χ2n) is 12.0. The summed E-state index contributed by atoms with van der Waals surface area (Å²) in [5.41, 5.74) is 17.2. The van der Waals surface area contributed by atoms with Crippen molar-refractivity contribution in [1.29, 1.82) is 0 Å². The zero-order valence-electron chi connectivity index (χ0n) is 27.0. The number of fused-ring (bicyclic) bond motifs is 1. The maximum absolute atomic E-state index is 13.8. The van der Waals surface area contributed by atoms with E-state index in [0.29, 0.717) is 44.2 Å². The van der Waals surface area contributed by atoms with E-state index in [-0.39, 0.29) is 60.0 Å². The minimum Gasteiger partial charge on any atom is -0.396 e. The summed E-state index contributed by atoms with van der Waals surface area (Å²) < 4.78 is 0.842. The molecule has 0 bridgehead atoms. The average Bonchev–Trinajstić information content (AvgIpc) is 3.44. The van der Waals surface area contributed by atoms with Gasteiger partial charge < -0.3 is 37.7 Å². The number of aliphatic hydroxyl groups is 1. The summed E-state index contributed by atoms with van der Waals surface area (Å²) in [4.78, 5) is 74.0. The van der Waals surface area contributed by atoms with E-state index >= 15 is 0 Å². The van der Waals surface area contributed by atoms with E-state index in [2.05, 4.69) is 20.6 Å². The van der Waals surface area contributed by atoms with Gasteiger partial charge in [0.05, 0.1) is 34.8 Å². The van der Waals surface area contributed by atoms with E-state index in [0.717, 1.165) is 4.70 Å². The van der Waals surface area contributed by atoms with Crippen LogP contribution in [0.2, 0.25) is 0 Å². The molecule has 1 aromatic carbocycles. The molecule has 46 heavy (non-hydrogen) atoms. The molecule has 0 saturated heterocycles. The van der Waals surface area contributed by atoms with Crippen molar-refractivity contribution in [3.05, 3.63) is 29.3 Å². The number of guanidine groups is 1. The average molecular weight is 660 g/mol. The van der Waals surface area contributed by atoms with Crippen LogP contribution < -0.4 is 27.8 Å². The quantitative estimate of drug-likeness (QED) is 0.0464. The molecule has 14 heteroatoms. The van der Waals surface area contributed by atoms with Crippen LogP contribution in [0, 0.1) is 17.8 Å². The van der Waals surface area contributed by atoms with Crippen LogP contribution in [0.3, 0.4) is 0 Å². The van der Waals surface area contributed by atoms with Gasteiger partial charge in [0.25, 0.3) is 0 Å². The Bertz CT molecular complexity index is 1320. The molecule has 1 aromatic heterocycles. The first-order chi connectivity index (χ1) is 21.9. The molecule has 0 fully saturated rings. The highest BCUT2D eigenvalue weighted by Gasteiger charge is 2.32. The second-order valence-corrected chi connectivity index (χ2v) is 13.0. The molecular weight excluding hydrogens is 610 g/mol. The number of unbranched alkanes of at least 4 members (excludes halogenated alkanes) is 1. The largest absolute Gasteiger partial charge is 0.396 e. The number of nitrogens with two attached hydrogens (primary N) is 3. The van der Waals surface area contributed by atoms with Crippen molar-refractivity contribution in [2.45, 2.75) is 84.2 Å². The van der Waals surface area contributed by atoms with Gasteiger partial charge >= 0.3 is 0 Å². The summed E-state index contributed by atoms with van der Waals surface area (Å²) in [6.07, 6.45) is 2.16. The minimum atomic E-state index is -0.981. The number of thiazole rings is 1. The van der Waals surface area contributed by atoms with E-state index in [1.165, 1.54) is 18.3 Å². The zero-order valence-corrected chi connectivity index (χ0v) is 27.8. The lowest BCUT2D eigenvalue weighted by Gasteiger charge is -2.25. The highest BCUT2D eigenvalue weighted by atomic mass is 32.1. The summed E-state index contributed by atoms with van der Waals surface area (Å²) in [5.74, 6) is -3.82. The Hall–Kier alpha value is -3.75. The third-order valence-corrected chi connectivity index (χ3v) is 8.49. The number of amides is 2. The number of aliphatic imine (C=N–C) groups is 1. The molecule has 9 N–H and O–H groups in total. The van der Waals surface area contributed by atoms with Gasteiger partial charge in [0.2, 0.25) is 17.6 Å². The second kappa shape index (κ2) is 19.7. The Balaban J connectivity index is 2.28.